The highest BCUT2D eigenvalue weighted by molar-refractivity contribution is 7.92. The molecule has 0 aliphatic carbocycles. The Morgan fingerprint density at radius 2 is 1.95 bits per heavy atom. The van der Waals surface area contributed by atoms with Gasteiger partial charge in [-0.3, -0.25) is 4.21 Å². The molecular formula is C13H21NO5S2. The van der Waals surface area contributed by atoms with Crippen LogP contribution in [0.3, 0.4) is 0 Å². The maximum atomic E-state index is 11.6. The van der Waals surface area contributed by atoms with Gasteiger partial charge < -0.3 is 15.6 Å². The zero-order valence-electron chi connectivity index (χ0n) is 11.9. The van der Waals surface area contributed by atoms with Gasteiger partial charge in [0.15, 0.2) is 0 Å². The van der Waals surface area contributed by atoms with Crippen LogP contribution in [0.4, 0.5) is 0 Å². The van der Waals surface area contributed by atoms with E-state index in [9.17, 15) is 17.7 Å². The van der Waals surface area contributed by atoms with Gasteiger partial charge in [-0.2, -0.15) is 0 Å². The Bertz CT molecular complexity index is 556. The van der Waals surface area contributed by atoms with Gasteiger partial charge in [-0.05, 0) is 17.7 Å². The van der Waals surface area contributed by atoms with Crippen molar-refractivity contribution in [2.75, 3.05) is 30.1 Å². The molecule has 1 aromatic rings. The highest BCUT2D eigenvalue weighted by Crippen LogP contribution is 2.12. The maximum Gasteiger partial charge on any atom is 0.148 e. The normalized spacial score (nSPS) is 14.6. The van der Waals surface area contributed by atoms with E-state index in [1.807, 2.05) is 12.1 Å². The summed E-state index contributed by atoms with van der Waals surface area (Å²) in [6.07, 6.45) is 0.189. The molecule has 21 heavy (non-hydrogen) atoms. The van der Waals surface area contributed by atoms with Crippen molar-refractivity contribution in [2.45, 2.75) is 12.6 Å². The molecule has 0 aromatic heterocycles. The minimum absolute atomic E-state index is 0.00357. The summed E-state index contributed by atoms with van der Waals surface area (Å²) in [6.45, 7) is 0.453. The number of ether oxygens (including phenoxy) is 1. The molecule has 2 atom stereocenters. The maximum absolute atomic E-state index is 11.6. The van der Waals surface area contributed by atoms with Crippen LogP contribution in [0.1, 0.15) is 5.56 Å². The van der Waals surface area contributed by atoms with Gasteiger partial charge in [0.1, 0.15) is 22.2 Å². The summed E-state index contributed by atoms with van der Waals surface area (Å²) in [5, 5.41) is 9.72. The van der Waals surface area contributed by atoms with Crippen LogP contribution in [-0.2, 0) is 27.2 Å². The molecule has 8 heteroatoms. The Morgan fingerprint density at radius 1 is 1.33 bits per heavy atom. The van der Waals surface area contributed by atoms with Crippen LogP contribution in [0.5, 0.6) is 5.75 Å². The second-order valence-electron chi connectivity index (χ2n) is 4.75. The molecule has 2 unspecified atom stereocenters. The second kappa shape index (κ2) is 8.47. The Kier molecular flexibility index (Phi) is 7.30. The zero-order chi connectivity index (χ0) is 15.9. The van der Waals surface area contributed by atoms with Crippen LogP contribution in [0, 0.1) is 0 Å². The summed E-state index contributed by atoms with van der Waals surface area (Å²) in [6, 6.07) is 7.14. The molecular weight excluding hydrogens is 314 g/mol. The van der Waals surface area contributed by atoms with Gasteiger partial charge in [-0.25, -0.2) is 8.42 Å². The molecule has 0 saturated heterocycles. The van der Waals surface area contributed by atoms with Crippen molar-refractivity contribution in [1.82, 2.24) is 0 Å². The summed E-state index contributed by atoms with van der Waals surface area (Å²) in [7, 11) is -4.52. The number of aliphatic hydroxyl groups is 1. The summed E-state index contributed by atoms with van der Waals surface area (Å²) >= 11 is 0. The van der Waals surface area contributed by atoms with Crippen molar-refractivity contribution >= 4 is 20.6 Å². The third kappa shape index (κ3) is 8.15. The topological polar surface area (TPSA) is 107 Å². The summed E-state index contributed by atoms with van der Waals surface area (Å²) < 4.78 is 38.9. The van der Waals surface area contributed by atoms with Gasteiger partial charge in [0.25, 0.3) is 0 Å². The summed E-state index contributed by atoms with van der Waals surface area (Å²) in [5.41, 5.74) is 6.46. The van der Waals surface area contributed by atoms with Crippen molar-refractivity contribution in [2.24, 2.45) is 5.73 Å². The molecule has 1 aromatic carbocycles. The van der Waals surface area contributed by atoms with Crippen molar-refractivity contribution in [3.63, 3.8) is 0 Å². The van der Waals surface area contributed by atoms with Crippen molar-refractivity contribution in [3.05, 3.63) is 29.8 Å². The monoisotopic (exact) mass is 335 g/mol. The van der Waals surface area contributed by atoms with Crippen LogP contribution in [0.2, 0.25) is 0 Å². The molecule has 0 spiro atoms. The number of sulfone groups is 1. The fraction of sp³-hybridized carbons (Fsp3) is 0.538. The number of nitrogens with two attached hydrogens (primary N) is 1. The fourth-order valence-electron chi connectivity index (χ4n) is 1.50. The first-order valence-corrected chi connectivity index (χ1v) is 9.97. The lowest BCUT2D eigenvalue weighted by atomic mass is 10.2. The predicted octanol–water partition coefficient (Wildman–Crippen LogP) is -0.322. The fourth-order valence-corrected chi connectivity index (χ4v) is 4.15. The Morgan fingerprint density at radius 3 is 2.48 bits per heavy atom. The zero-order valence-corrected chi connectivity index (χ0v) is 13.5. The van der Waals surface area contributed by atoms with Crippen molar-refractivity contribution in [1.29, 1.82) is 0 Å². The van der Waals surface area contributed by atoms with E-state index in [-0.39, 0.29) is 23.9 Å². The number of aliphatic hydroxyl groups excluding tert-OH is 1. The smallest absolute Gasteiger partial charge is 0.148 e. The number of hydrogen-bond acceptors (Lipinski definition) is 6. The lowest BCUT2D eigenvalue weighted by molar-refractivity contribution is 0.125. The molecule has 0 aliphatic heterocycles. The third-order valence-electron chi connectivity index (χ3n) is 2.66. The van der Waals surface area contributed by atoms with E-state index in [0.717, 1.165) is 11.8 Å². The number of benzene rings is 1. The lowest BCUT2D eigenvalue weighted by Crippen LogP contribution is -2.26. The quantitative estimate of drug-likeness (QED) is 0.640. The summed E-state index contributed by atoms with van der Waals surface area (Å²) in [4.78, 5) is 0. The van der Waals surface area contributed by atoms with Gasteiger partial charge in [0, 0.05) is 29.4 Å². The second-order valence-corrected chi connectivity index (χ2v) is 8.63. The molecule has 0 amide bonds. The molecule has 120 valence electrons. The molecule has 0 heterocycles. The highest BCUT2D eigenvalue weighted by atomic mass is 32.2. The average Bonchev–Trinajstić information content (AvgIpc) is 2.43. The molecule has 0 fully saturated rings. The first kappa shape index (κ1) is 18.1. The highest BCUT2D eigenvalue weighted by Gasteiger charge is 2.13. The SMILES string of the molecule is CS(=O)(=O)CCS(=O)CC(O)COc1ccc(CN)cc1. The van der Waals surface area contributed by atoms with Crippen LogP contribution < -0.4 is 10.5 Å². The predicted molar refractivity (Wildman–Crippen MR) is 83.4 cm³/mol. The molecule has 0 radical (unpaired) electrons. The molecule has 0 saturated carbocycles. The van der Waals surface area contributed by atoms with E-state index in [0.29, 0.717) is 12.3 Å². The largest absolute Gasteiger partial charge is 0.491 e. The van der Waals surface area contributed by atoms with E-state index >= 15 is 0 Å². The first-order valence-electron chi connectivity index (χ1n) is 6.42. The van der Waals surface area contributed by atoms with Crippen molar-refractivity contribution < 1.29 is 22.5 Å². The number of rotatable bonds is 9. The molecule has 6 nitrogen and oxygen atoms in total. The van der Waals surface area contributed by atoms with Gasteiger partial charge in [0.2, 0.25) is 0 Å². The summed E-state index contributed by atoms with van der Waals surface area (Å²) in [5.74, 6) is 0.471. The minimum atomic E-state index is -3.13. The van der Waals surface area contributed by atoms with Crippen LogP contribution in [0.25, 0.3) is 0 Å². The number of hydrogen-bond donors (Lipinski definition) is 2. The van der Waals surface area contributed by atoms with Gasteiger partial charge in [-0.1, -0.05) is 12.1 Å². The van der Waals surface area contributed by atoms with E-state index in [1.54, 1.807) is 12.1 Å². The minimum Gasteiger partial charge on any atom is -0.491 e. The van der Waals surface area contributed by atoms with E-state index in [1.165, 1.54) is 0 Å². The third-order valence-corrected chi connectivity index (χ3v) is 5.28. The van der Waals surface area contributed by atoms with Gasteiger partial charge >= 0.3 is 0 Å². The van der Waals surface area contributed by atoms with E-state index < -0.39 is 26.7 Å². The average molecular weight is 335 g/mol. The Balaban J connectivity index is 2.32. The molecule has 1 rings (SSSR count). The Hall–Kier alpha value is -0.960. The van der Waals surface area contributed by atoms with Gasteiger partial charge in [-0.15, -0.1) is 0 Å². The van der Waals surface area contributed by atoms with E-state index in [4.69, 9.17) is 10.5 Å². The van der Waals surface area contributed by atoms with Crippen LogP contribution in [0.15, 0.2) is 24.3 Å². The van der Waals surface area contributed by atoms with Crippen LogP contribution >= 0.6 is 0 Å². The lowest BCUT2D eigenvalue weighted by Gasteiger charge is -2.12. The first-order chi connectivity index (χ1) is 9.80. The van der Waals surface area contributed by atoms with Gasteiger partial charge in [0.05, 0.1) is 17.6 Å². The molecule has 0 aliphatic rings. The van der Waals surface area contributed by atoms with E-state index in [2.05, 4.69) is 0 Å². The van der Waals surface area contributed by atoms with Crippen LogP contribution in [-0.4, -0.2) is 54.0 Å². The Labute approximate surface area is 127 Å². The molecule has 3 N–H and O–H groups in total. The van der Waals surface area contributed by atoms with Crippen molar-refractivity contribution in [3.8, 4) is 5.75 Å². The standard InChI is InChI=1S/C13H21NO5S2/c1-21(17,18)7-6-20(16)10-12(15)9-19-13-4-2-11(8-14)3-5-13/h2-5,12,15H,6-10,14H2,1H3. The molecule has 0 bridgehead atoms.